The summed E-state index contributed by atoms with van der Waals surface area (Å²) in [5, 5.41) is 6.41. The minimum absolute atomic E-state index is 0.0191. The number of anilines is 1. The number of nitrogens with zero attached hydrogens (tertiary/aromatic N) is 1. The summed E-state index contributed by atoms with van der Waals surface area (Å²) in [6, 6.07) is 3.07. The molecule has 2 N–H and O–H groups in total. The molecule has 1 aromatic heterocycles. The average Bonchev–Trinajstić information content (AvgIpc) is 2.81. The zero-order valence-electron chi connectivity index (χ0n) is 9.65. The first-order valence-electron chi connectivity index (χ1n) is 4.98. The molecule has 0 saturated heterocycles. The van der Waals surface area contributed by atoms with Crippen molar-refractivity contribution in [3.63, 3.8) is 0 Å². The van der Waals surface area contributed by atoms with Gasteiger partial charge in [-0.15, -0.1) is 0 Å². The van der Waals surface area contributed by atoms with Crippen molar-refractivity contribution in [1.82, 2.24) is 10.2 Å². The lowest BCUT2D eigenvalue weighted by Gasteiger charge is -2.12. The Kier molecular flexibility index (Phi) is 4.02. The summed E-state index contributed by atoms with van der Waals surface area (Å²) in [5.41, 5.74) is 0.239. The maximum Gasteiger partial charge on any atom is 0.265 e. The van der Waals surface area contributed by atoms with E-state index in [4.69, 9.17) is 16.3 Å². The molecule has 0 fully saturated rings. The molecule has 0 radical (unpaired) electrons. The lowest BCUT2D eigenvalue weighted by molar-refractivity contribution is 0.414. The number of aromatic nitrogens is 2. The molecule has 0 aliphatic heterocycles. The van der Waals surface area contributed by atoms with Gasteiger partial charge in [-0.1, -0.05) is 11.6 Å². The number of rotatable bonds is 4. The number of sulfonamides is 1. The Labute approximate surface area is 123 Å². The number of nitrogens with one attached hydrogen (secondary N) is 2. The molecule has 2 aromatic rings. The number of methoxy groups -OCH3 is 1. The second-order valence-corrected chi connectivity index (χ2v) is 6.48. The van der Waals surface area contributed by atoms with Gasteiger partial charge in [0.1, 0.15) is 4.90 Å². The lowest BCUT2D eigenvalue weighted by atomic mass is 10.3. The predicted molar refractivity (Wildman–Crippen MR) is 75.1 cm³/mol. The molecule has 0 atom stereocenters. The van der Waals surface area contributed by atoms with Crippen molar-refractivity contribution in [2.75, 3.05) is 11.8 Å². The van der Waals surface area contributed by atoms with Gasteiger partial charge in [0.2, 0.25) is 0 Å². The van der Waals surface area contributed by atoms with Crippen molar-refractivity contribution in [3.8, 4) is 5.75 Å². The molecule has 6 nitrogen and oxygen atoms in total. The van der Waals surface area contributed by atoms with Gasteiger partial charge in [-0.25, -0.2) is 8.42 Å². The van der Waals surface area contributed by atoms with Crippen LogP contribution in [-0.2, 0) is 10.0 Å². The molecule has 2 rings (SSSR count). The molecule has 0 aliphatic carbocycles. The van der Waals surface area contributed by atoms with E-state index < -0.39 is 10.0 Å². The molecule has 0 saturated carbocycles. The van der Waals surface area contributed by atoms with Crippen LogP contribution in [0.2, 0.25) is 5.02 Å². The Morgan fingerprint density at radius 1 is 1.47 bits per heavy atom. The van der Waals surface area contributed by atoms with Gasteiger partial charge in [-0.2, -0.15) is 5.10 Å². The van der Waals surface area contributed by atoms with E-state index >= 15 is 0 Å². The van der Waals surface area contributed by atoms with E-state index in [1.54, 1.807) is 6.07 Å². The van der Waals surface area contributed by atoms with Crippen molar-refractivity contribution in [3.05, 3.63) is 34.0 Å². The Morgan fingerprint density at radius 3 is 2.79 bits per heavy atom. The fourth-order valence-electron chi connectivity index (χ4n) is 1.43. The van der Waals surface area contributed by atoms with E-state index in [0.717, 1.165) is 0 Å². The number of H-pyrrole nitrogens is 1. The molecule has 9 heteroatoms. The highest BCUT2D eigenvalue weighted by Gasteiger charge is 2.19. The van der Waals surface area contributed by atoms with Gasteiger partial charge in [0.15, 0.2) is 5.75 Å². The van der Waals surface area contributed by atoms with Crippen molar-refractivity contribution in [2.24, 2.45) is 0 Å². The van der Waals surface area contributed by atoms with Crippen LogP contribution in [0.5, 0.6) is 5.75 Å². The Bertz CT molecular complexity index is 688. The molecule has 102 valence electrons. The minimum atomic E-state index is -3.74. The number of hydrogen-bond acceptors (Lipinski definition) is 4. The first-order chi connectivity index (χ1) is 8.94. The first-order valence-corrected chi connectivity index (χ1v) is 7.64. The Morgan fingerprint density at radius 2 is 2.21 bits per heavy atom. The summed E-state index contributed by atoms with van der Waals surface area (Å²) in [7, 11) is -2.31. The average molecular weight is 367 g/mol. The predicted octanol–water partition coefficient (Wildman–Crippen LogP) is 2.63. The second-order valence-electron chi connectivity index (χ2n) is 3.51. The summed E-state index contributed by atoms with van der Waals surface area (Å²) >= 11 is 9.15. The number of benzene rings is 1. The molecule has 0 aliphatic rings. The number of aromatic amines is 1. The van der Waals surface area contributed by atoms with E-state index in [2.05, 4.69) is 30.8 Å². The SMILES string of the molecule is COc1c(Br)cc(Cl)cc1NS(=O)(=O)c1cn[nH]c1. The zero-order valence-corrected chi connectivity index (χ0v) is 12.8. The van der Waals surface area contributed by atoms with E-state index in [-0.39, 0.29) is 10.6 Å². The molecule has 0 spiro atoms. The van der Waals surface area contributed by atoms with Crippen LogP contribution in [0.15, 0.2) is 33.9 Å². The highest BCUT2D eigenvalue weighted by atomic mass is 79.9. The van der Waals surface area contributed by atoms with Crippen molar-refractivity contribution in [2.45, 2.75) is 4.90 Å². The zero-order chi connectivity index (χ0) is 14.0. The monoisotopic (exact) mass is 365 g/mol. The van der Waals surface area contributed by atoms with Crippen LogP contribution in [-0.4, -0.2) is 25.7 Å². The third kappa shape index (κ3) is 3.02. The molecule has 0 amide bonds. The van der Waals surface area contributed by atoms with Crippen LogP contribution < -0.4 is 9.46 Å². The first kappa shape index (κ1) is 14.2. The van der Waals surface area contributed by atoms with Crippen LogP contribution >= 0.6 is 27.5 Å². The van der Waals surface area contributed by atoms with E-state index in [9.17, 15) is 8.42 Å². The molecule has 19 heavy (non-hydrogen) atoms. The van der Waals surface area contributed by atoms with Gasteiger partial charge in [0, 0.05) is 11.2 Å². The normalized spacial score (nSPS) is 11.3. The second kappa shape index (κ2) is 5.40. The molecule has 0 bridgehead atoms. The standard InChI is InChI=1S/C10H9BrClN3O3S/c1-18-10-8(11)2-6(12)3-9(10)15-19(16,17)7-4-13-14-5-7/h2-5,15H,1H3,(H,13,14). The fraction of sp³-hybridized carbons (Fsp3) is 0.100. The maximum atomic E-state index is 12.1. The molecule has 1 heterocycles. The maximum absolute atomic E-state index is 12.1. The van der Waals surface area contributed by atoms with E-state index in [1.165, 1.54) is 25.6 Å². The number of ether oxygens (including phenoxy) is 1. The molecular weight excluding hydrogens is 358 g/mol. The summed E-state index contributed by atoms with van der Waals surface area (Å²) in [4.78, 5) is 0.0191. The lowest BCUT2D eigenvalue weighted by Crippen LogP contribution is -2.13. The summed E-state index contributed by atoms with van der Waals surface area (Å²) in [6.45, 7) is 0. The van der Waals surface area contributed by atoms with Gasteiger partial charge in [-0.05, 0) is 28.1 Å². The smallest absolute Gasteiger partial charge is 0.265 e. The number of halogens is 2. The molecule has 0 unspecified atom stereocenters. The Balaban J connectivity index is 2.44. The summed E-state index contributed by atoms with van der Waals surface area (Å²) in [5.74, 6) is 0.344. The molecular formula is C10H9BrClN3O3S. The summed E-state index contributed by atoms with van der Waals surface area (Å²) < 4.78 is 32.2. The van der Waals surface area contributed by atoms with Gasteiger partial charge < -0.3 is 4.74 Å². The van der Waals surface area contributed by atoms with Crippen molar-refractivity contribution < 1.29 is 13.2 Å². The third-order valence-electron chi connectivity index (χ3n) is 2.24. The fourth-order valence-corrected chi connectivity index (χ4v) is 3.36. The van der Waals surface area contributed by atoms with Crippen LogP contribution in [0.25, 0.3) is 0 Å². The van der Waals surface area contributed by atoms with E-state index in [1.807, 2.05) is 0 Å². The topological polar surface area (TPSA) is 84.1 Å². The van der Waals surface area contributed by atoms with Gasteiger partial charge in [0.25, 0.3) is 10.0 Å². The van der Waals surface area contributed by atoms with Crippen LogP contribution in [0, 0.1) is 0 Å². The highest BCUT2D eigenvalue weighted by molar-refractivity contribution is 9.10. The molecule has 1 aromatic carbocycles. The number of hydrogen-bond donors (Lipinski definition) is 2. The van der Waals surface area contributed by atoms with Crippen molar-refractivity contribution >= 4 is 43.2 Å². The Hall–Kier alpha value is -1.25. The van der Waals surface area contributed by atoms with Gasteiger partial charge >= 0.3 is 0 Å². The van der Waals surface area contributed by atoms with Gasteiger partial charge in [0.05, 0.1) is 23.5 Å². The largest absolute Gasteiger partial charge is 0.493 e. The minimum Gasteiger partial charge on any atom is -0.493 e. The van der Waals surface area contributed by atoms with Crippen LogP contribution in [0.3, 0.4) is 0 Å². The quantitative estimate of drug-likeness (QED) is 0.871. The van der Waals surface area contributed by atoms with E-state index in [0.29, 0.717) is 15.2 Å². The van der Waals surface area contributed by atoms with Crippen LogP contribution in [0.1, 0.15) is 0 Å². The van der Waals surface area contributed by atoms with Crippen molar-refractivity contribution in [1.29, 1.82) is 0 Å². The third-order valence-corrected chi connectivity index (χ3v) is 4.38. The van der Waals surface area contributed by atoms with Gasteiger partial charge in [-0.3, -0.25) is 9.82 Å². The van der Waals surface area contributed by atoms with Crippen LogP contribution in [0.4, 0.5) is 5.69 Å². The highest BCUT2D eigenvalue weighted by Crippen LogP contribution is 2.37. The summed E-state index contributed by atoms with van der Waals surface area (Å²) in [6.07, 6.45) is 2.48.